The molecule has 88 valence electrons. The van der Waals surface area contributed by atoms with Gasteiger partial charge in [-0.05, 0) is 58.2 Å². The van der Waals surface area contributed by atoms with E-state index in [0.717, 1.165) is 3.57 Å². The summed E-state index contributed by atoms with van der Waals surface area (Å²) < 4.78 is 22.7. The van der Waals surface area contributed by atoms with Crippen molar-refractivity contribution in [3.63, 3.8) is 0 Å². The van der Waals surface area contributed by atoms with E-state index in [4.69, 9.17) is 20.7 Å². The first-order valence-electron chi connectivity index (χ1n) is 4.28. The van der Waals surface area contributed by atoms with Gasteiger partial charge in [-0.15, -0.1) is 0 Å². The van der Waals surface area contributed by atoms with Crippen molar-refractivity contribution in [2.24, 2.45) is 0 Å². The molecule has 0 spiro atoms. The Hall–Kier alpha value is 0.175. The molecule has 0 atom stereocenters. The van der Waals surface area contributed by atoms with E-state index < -0.39 is 16.2 Å². The van der Waals surface area contributed by atoms with E-state index in [1.807, 2.05) is 22.6 Å². The Balaban J connectivity index is 3.30. The molecular weight excluding hydrogens is 365 g/mol. The van der Waals surface area contributed by atoms with Crippen molar-refractivity contribution in [2.45, 2.75) is 12.7 Å². The quantitative estimate of drug-likeness (QED) is 0.455. The highest BCUT2D eigenvalue weighted by Gasteiger charge is 2.19. The molecule has 2 N–H and O–H groups in total. The maximum absolute atomic E-state index is 11.0. The maximum Gasteiger partial charge on any atom is 0.488 e. The number of benzene rings is 1. The van der Waals surface area contributed by atoms with Crippen LogP contribution in [0.5, 0.6) is 0 Å². The standard InChI is InChI=1S/C8H9BClIO4S/c1-5-6(4-16(10,14)15)2-7(11)3-8(5)9(12)13/h2-3,12-13H,4H2,1H3. The highest BCUT2D eigenvalue weighted by atomic mass is 127. The first-order chi connectivity index (χ1) is 7.20. The van der Waals surface area contributed by atoms with Gasteiger partial charge >= 0.3 is 7.12 Å². The molecule has 4 nitrogen and oxygen atoms in total. The van der Waals surface area contributed by atoms with Gasteiger partial charge in [-0.3, -0.25) is 0 Å². The van der Waals surface area contributed by atoms with E-state index in [-0.39, 0.29) is 5.75 Å². The van der Waals surface area contributed by atoms with Crippen LogP contribution in [-0.4, -0.2) is 25.6 Å². The predicted molar refractivity (Wildman–Crippen MR) is 72.2 cm³/mol. The van der Waals surface area contributed by atoms with Crippen LogP contribution in [0, 0.1) is 10.5 Å². The minimum absolute atomic E-state index is 0.294. The van der Waals surface area contributed by atoms with Crippen molar-refractivity contribution >= 4 is 54.9 Å². The van der Waals surface area contributed by atoms with Crippen LogP contribution < -0.4 is 5.46 Å². The van der Waals surface area contributed by atoms with E-state index in [2.05, 4.69) is 0 Å². The minimum Gasteiger partial charge on any atom is -0.423 e. The van der Waals surface area contributed by atoms with Crippen LogP contribution in [-0.2, 0) is 14.8 Å². The summed E-state index contributed by atoms with van der Waals surface area (Å²) in [5.74, 6) is -0.322. The van der Waals surface area contributed by atoms with Gasteiger partial charge in [0.1, 0.15) is 0 Å². The molecule has 1 aromatic carbocycles. The zero-order valence-corrected chi connectivity index (χ0v) is 12.0. The number of rotatable bonds is 3. The summed E-state index contributed by atoms with van der Waals surface area (Å²) in [6, 6.07) is 3.24. The maximum atomic E-state index is 11.0. The second kappa shape index (κ2) is 5.22. The minimum atomic E-state index is -3.65. The van der Waals surface area contributed by atoms with E-state index in [0.29, 0.717) is 16.6 Å². The van der Waals surface area contributed by atoms with E-state index in [1.54, 1.807) is 19.1 Å². The smallest absolute Gasteiger partial charge is 0.423 e. The molecule has 0 unspecified atom stereocenters. The van der Waals surface area contributed by atoms with Gasteiger partial charge in [-0.25, -0.2) is 8.42 Å². The summed E-state index contributed by atoms with van der Waals surface area (Å²) in [7, 11) is -0.104. The fourth-order valence-corrected chi connectivity index (χ4v) is 3.10. The van der Waals surface area contributed by atoms with Crippen molar-refractivity contribution in [3.05, 3.63) is 26.8 Å². The summed E-state index contributed by atoms with van der Waals surface area (Å²) in [5, 5.41) is 18.2. The molecule has 0 bridgehead atoms. The molecule has 8 heteroatoms. The molecule has 1 aromatic rings. The fourth-order valence-electron chi connectivity index (χ4n) is 1.36. The molecule has 0 fully saturated rings. The topological polar surface area (TPSA) is 74.6 Å². The Kier molecular flexibility index (Phi) is 4.64. The Bertz CT molecular complexity index is 503. The van der Waals surface area contributed by atoms with E-state index in [1.165, 1.54) is 0 Å². The highest BCUT2D eigenvalue weighted by Crippen LogP contribution is 2.16. The molecule has 0 aromatic heterocycles. The van der Waals surface area contributed by atoms with Crippen LogP contribution in [0.25, 0.3) is 0 Å². The Labute approximate surface area is 112 Å². The van der Waals surface area contributed by atoms with Crippen LogP contribution in [0.2, 0.25) is 0 Å². The van der Waals surface area contributed by atoms with Crippen molar-refractivity contribution in [2.75, 3.05) is 0 Å². The number of hydrogen-bond acceptors (Lipinski definition) is 4. The van der Waals surface area contributed by atoms with Gasteiger partial charge in [0.15, 0.2) is 0 Å². The van der Waals surface area contributed by atoms with Gasteiger partial charge in [0.25, 0.3) is 0 Å². The predicted octanol–water partition coefficient (Wildman–Crippen LogP) is 0.348. The Morgan fingerprint density at radius 3 is 2.44 bits per heavy atom. The molecule has 0 aliphatic heterocycles. The zero-order chi connectivity index (χ0) is 12.5. The zero-order valence-electron chi connectivity index (χ0n) is 8.31. The largest absolute Gasteiger partial charge is 0.488 e. The lowest BCUT2D eigenvalue weighted by Gasteiger charge is -2.10. The summed E-state index contributed by atoms with van der Waals surface area (Å²) in [4.78, 5) is 0. The van der Waals surface area contributed by atoms with E-state index in [9.17, 15) is 8.42 Å². The lowest BCUT2D eigenvalue weighted by molar-refractivity contribution is 0.425. The molecule has 1 rings (SSSR count). The lowest BCUT2D eigenvalue weighted by Crippen LogP contribution is -2.33. The molecule has 0 aliphatic carbocycles. The van der Waals surface area contributed by atoms with Gasteiger partial charge in [-0.2, -0.15) is 0 Å². The average Bonchev–Trinajstić information content (AvgIpc) is 2.07. The second-order valence-corrected chi connectivity index (χ2v) is 7.36. The van der Waals surface area contributed by atoms with Crippen LogP contribution in [0.4, 0.5) is 0 Å². The van der Waals surface area contributed by atoms with Gasteiger partial charge < -0.3 is 10.0 Å². The molecule has 0 saturated heterocycles. The van der Waals surface area contributed by atoms with Crippen LogP contribution in [0.3, 0.4) is 0 Å². The molecule has 0 aliphatic rings. The number of hydrogen-bond donors (Lipinski definition) is 2. The van der Waals surface area contributed by atoms with Crippen molar-refractivity contribution in [1.82, 2.24) is 0 Å². The third-order valence-electron chi connectivity index (χ3n) is 2.13. The third-order valence-corrected chi connectivity index (χ3v) is 3.73. The van der Waals surface area contributed by atoms with Crippen LogP contribution in [0.15, 0.2) is 12.1 Å². The second-order valence-electron chi connectivity index (χ2n) is 3.34. The van der Waals surface area contributed by atoms with E-state index >= 15 is 0 Å². The first-order valence-corrected chi connectivity index (χ1v) is 7.84. The molecule has 0 heterocycles. The fraction of sp³-hybridized carbons (Fsp3) is 0.250. The van der Waals surface area contributed by atoms with Gasteiger partial charge in [0, 0.05) is 14.3 Å². The molecule has 0 saturated carbocycles. The van der Waals surface area contributed by atoms with Crippen molar-refractivity contribution in [3.8, 4) is 0 Å². The van der Waals surface area contributed by atoms with Gasteiger partial charge in [0.2, 0.25) is 9.05 Å². The molecular formula is C8H9BClIO4S. The monoisotopic (exact) mass is 374 g/mol. The number of halogens is 2. The Morgan fingerprint density at radius 2 is 2.00 bits per heavy atom. The van der Waals surface area contributed by atoms with Crippen molar-refractivity contribution < 1.29 is 18.5 Å². The SMILES string of the molecule is Cc1c(CS(=O)(=O)Cl)cc(I)cc1B(O)O. The highest BCUT2D eigenvalue weighted by molar-refractivity contribution is 14.1. The molecule has 0 radical (unpaired) electrons. The van der Waals surface area contributed by atoms with Crippen LogP contribution >= 0.6 is 33.3 Å². The normalized spacial score (nSPS) is 11.6. The summed E-state index contributed by atoms with van der Waals surface area (Å²) in [5.41, 5.74) is 1.30. The summed E-state index contributed by atoms with van der Waals surface area (Å²) >= 11 is 1.97. The first kappa shape index (κ1) is 14.2. The lowest BCUT2D eigenvalue weighted by atomic mass is 9.76. The Morgan fingerprint density at radius 1 is 1.44 bits per heavy atom. The molecule has 16 heavy (non-hydrogen) atoms. The summed E-state index contributed by atoms with van der Waals surface area (Å²) in [6.45, 7) is 1.63. The van der Waals surface area contributed by atoms with Crippen LogP contribution in [0.1, 0.15) is 11.1 Å². The van der Waals surface area contributed by atoms with Gasteiger partial charge in [0.05, 0.1) is 5.75 Å². The molecule has 0 amide bonds. The third kappa shape index (κ3) is 3.88. The van der Waals surface area contributed by atoms with Gasteiger partial charge in [-0.1, -0.05) is 0 Å². The summed E-state index contributed by atoms with van der Waals surface area (Å²) in [6.07, 6.45) is 0. The average molecular weight is 374 g/mol. The van der Waals surface area contributed by atoms with Crippen molar-refractivity contribution in [1.29, 1.82) is 0 Å².